The average Bonchev–Trinajstić information content (AvgIpc) is 2.62. The molecule has 8 nitrogen and oxygen atoms in total. The summed E-state index contributed by atoms with van der Waals surface area (Å²) in [5, 5.41) is 16.5. The van der Waals surface area contributed by atoms with Crippen LogP contribution in [0.5, 0.6) is 5.75 Å². The molecule has 4 N–H and O–H groups in total. The normalized spacial score (nSPS) is 14.3. The van der Waals surface area contributed by atoms with Crippen molar-refractivity contribution in [2.24, 2.45) is 5.92 Å². The first-order valence-corrected chi connectivity index (χ1v) is 8.75. The number of rotatable bonds is 7. The Morgan fingerprint density at radius 1 is 1.15 bits per heavy atom. The Morgan fingerprint density at radius 2 is 1.88 bits per heavy atom. The van der Waals surface area contributed by atoms with Crippen LogP contribution in [0.15, 0.2) is 18.2 Å². The number of carbonyl (C=O) groups excluding carboxylic acids is 2. The largest absolute Gasteiger partial charge is 0.495 e. The minimum atomic E-state index is -0.984. The second-order valence-electron chi connectivity index (χ2n) is 6.26. The predicted molar refractivity (Wildman–Crippen MR) is 97.5 cm³/mol. The molecule has 142 valence electrons. The maximum Gasteiger partial charge on any atom is 0.319 e. The van der Waals surface area contributed by atoms with Gasteiger partial charge in [0.25, 0.3) is 0 Å². The zero-order valence-corrected chi connectivity index (χ0v) is 14.8. The molecule has 0 heterocycles. The molecule has 0 bridgehead atoms. The van der Waals surface area contributed by atoms with Gasteiger partial charge in [0, 0.05) is 18.2 Å². The molecule has 0 radical (unpaired) electrons. The molecule has 0 aliphatic heterocycles. The van der Waals surface area contributed by atoms with Crippen molar-refractivity contribution in [3.05, 3.63) is 18.2 Å². The predicted octanol–water partition coefficient (Wildman–Crippen LogP) is 2.81. The molecule has 1 aromatic rings. The fourth-order valence-corrected chi connectivity index (χ4v) is 2.94. The average molecular weight is 363 g/mol. The topological polar surface area (TPSA) is 117 Å². The van der Waals surface area contributed by atoms with Crippen LogP contribution < -0.4 is 20.7 Å². The molecule has 1 aliphatic carbocycles. The lowest BCUT2D eigenvalue weighted by atomic mass is 9.88. The molecule has 3 amide bonds. The molecular weight excluding hydrogens is 338 g/mol. The van der Waals surface area contributed by atoms with Gasteiger partial charge in [-0.15, -0.1) is 0 Å². The number of amides is 3. The van der Waals surface area contributed by atoms with E-state index in [9.17, 15) is 14.4 Å². The Morgan fingerprint density at radius 3 is 2.54 bits per heavy atom. The Kier molecular flexibility index (Phi) is 7.25. The van der Waals surface area contributed by atoms with E-state index in [1.807, 2.05) is 0 Å². The molecule has 2 rings (SSSR count). The number of nitrogens with one attached hydrogen (secondary N) is 3. The number of carboxylic acid groups (broad SMARTS) is 1. The Balaban J connectivity index is 1.99. The van der Waals surface area contributed by atoms with E-state index in [0.29, 0.717) is 17.1 Å². The first-order valence-electron chi connectivity index (χ1n) is 8.75. The van der Waals surface area contributed by atoms with Crippen molar-refractivity contribution in [1.82, 2.24) is 5.32 Å². The molecule has 0 spiro atoms. The summed E-state index contributed by atoms with van der Waals surface area (Å²) in [7, 11) is 1.51. The van der Waals surface area contributed by atoms with Crippen molar-refractivity contribution in [2.75, 3.05) is 24.3 Å². The molecule has 1 aliphatic rings. The lowest BCUT2D eigenvalue weighted by Gasteiger charge is -2.21. The zero-order chi connectivity index (χ0) is 18.9. The number of carboxylic acids is 1. The molecular formula is C18H25N3O5. The standard InChI is InChI=1S/C18H25N3O5/c1-26-15-8-7-13(20-18(25)19-10-9-16(22)23)11-14(15)21-17(24)12-5-3-2-4-6-12/h7-8,11-12H,2-6,9-10H2,1H3,(H,21,24)(H,22,23)(H2,19,20,25). The number of hydrogen-bond acceptors (Lipinski definition) is 4. The summed E-state index contributed by atoms with van der Waals surface area (Å²) in [6.07, 6.45) is 4.92. The van der Waals surface area contributed by atoms with Crippen LogP contribution in [0.1, 0.15) is 38.5 Å². The van der Waals surface area contributed by atoms with Gasteiger partial charge in [-0.2, -0.15) is 0 Å². The van der Waals surface area contributed by atoms with Gasteiger partial charge in [-0.25, -0.2) is 4.79 Å². The molecule has 1 fully saturated rings. The van der Waals surface area contributed by atoms with Crippen LogP contribution >= 0.6 is 0 Å². The second-order valence-corrected chi connectivity index (χ2v) is 6.26. The number of aliphatic carboxylic acids is 1. The van der Waals surface area contributed by atoms with Gasteiger partial charge in [0.05, 0.1) is 19.2 Å². The van der Waals surface area contributed by atoms with Crippen LogP contribution in [0, 0.1) is 5.92 Å². The summed E-state index contributed by atoms with van der Waals surface area (Å²) >= 11 is 0. The number of ether oxygens (including phenoxy) is 1. The van der Waals surface area contributed by atoms with Crippen LogP contribution in [-0.2, 0) is 9.59 Å². The fourth-order valence-electron chi connectivity index (χ4n) is 2.94. The van der Waals surface area contributed by atoms with Gasteiger partial charge in [-0.1, -0.05) is 19.3 Å². The number of anilines is 2. The summed E-state index contributed by atoms with van der Waals surface area (Å²) < 4.78 is 5.28. The monoisotopic (exact) mass is 363 g/mol. The lowest BCUT2D eigenvalue weighted by molar-refractivity contribution is -0.136. The van der Waals surface area contributed by atoms with Gasteiger partial charge in [-0.05, 0) is 31.0 Å². The molecule has 1 aromatic carbocycles. The van der Waals surface area contributed by atoms with Crippen molar-refractivity contribution >= 4 is 29.3 Å². The second kappa shape index (κ2) is 9.65. The highest BCUT2D eigenvalue weighted by molar-refractivity contribution is 5.96. The van der Waals surface area contributed by atoms with E-state index in [0.717, 1.165) is 25.7 Å². The number of carbonyl (C=O) groups is 3. The Hall–Kier alpha value is -2.77. The molecule has 0 saturated heterocycles. The highest BCUT2D eigenvalue weighted by Crippen LogP contribution is 2.30. The fraction of sp³-hybridized carbons (Fsp3) is 0.500. The molecule has 8 heteroatoms. The van der Waals surface area contributed by atoms with Gasteiger partial charge in [-0.3, -0.25) is 9.59 Å². The number of urea groups is 1. The zero-order valence-electron chi connectivity index (χ0n) is 14.8. The van der Waals surface area contributed by atoms with Crippen LogP contribution in [0.2, 0.25) is 0 Å². The maximum absolute atomic E-state index is 12.5. The van der Waals surface area contributed by atoms with Gasteiger partial charge in [0.2, 0.25) is 5.91 Å². The molecule has 0 aromatic heterocycles. The minimum absolute atomic E-state index is 0.00406. The number of methoxy groups -OCH3 is 1. The van der Waals surface area contributed by atoms with Crippen molar-refractivity contribution in [2.45, 2.75) is 38.5 Å². The van der Waals surface area contributed by atoms with E-state index in [2.05, 4.69) is 16.0 Å². The Labute approximate surface area is 152 Å². The van der Waals surface area contributed by atoms with Crippen molar-refractivity contribution in [1.29, 1.82) is 0 Å². The van der Waals surface area contributed by atoms with E-state index in [1.54, 1.807) is 18.2 Å². The van der Waals surface area contributed by atoms with Gasteiger partial charge >= 0.3 is 12.0 Å². The van der Waals surface area contributed by atoms with Crippen molar-refractivity contribution < 1.29 is 24.2 Å². The summed E-state index contributed by atoms with van der Waals surface area (Å²) in [6.45, 7) is 0.0304. The van der Waals surface area contributed by atoms with E-state index in [1.165, 1.54) is 13.5 Å². The van der Waals surface area contributed by atoms with Crippen LogP contribution in [0.25, 0.3) is 0 Å². The minimum Gasteiger partial charge on any atom is -0.495 e. The van der Waals surface area contributed by atoms with E-state index in [-0.39, 0.29) is 24.8 Å². The van der Waals surface area contributed by atoms with Crippen LogP contribution in [0.3, 0.4) is 0 Å². The van der Waals surface area contributed by atoms with Crippen LogP contribution in [0.4, 0.5) is 16.2 Å². The smallest absolute Gasteiger partial charge is 0.319 e. The third-order valence-electron chi connectivity index (χ3n) is 4.32. The SMILES string of the molecule is COc1ccc(NC(=O)NCCC(=O)O)cc1NC(=O)C1CCCCC1. The van der Waals surface area contributed by atoms with Gasteiger partial charge in [0.15, 0.2) is 0 Å². The van der Waals surface area contributed by atoms with Crippen molar-refractivity contribution in [3.8, 4) is 5.75 Å². The van der Waals surface area contributed by atoms with Crippen molar-refractivity contribution in [3.63, 3.8) is 0 Å². The van der Waals surface area contributed by atoms with E-state index in [4.69, 9.17) is 9.84 Å². The first kappa shape index (κ1) is 19.6. The number of benzene rings is 1. The lowest BCUT2D eigenvalue weighted by Crippen LogP contribution is -2.30. The highest BCUT2D eigenvalue weighted by atomic mass is 16.5. The molecule has 1 saturated carbocycles. The summed E-state index contributed by atoms with van der Waals surface area (Å²) in [5.41, 5.74) is 0.962. The summed E-state index contributed by atoms with van der Waals surface area (Å²) in [5.74, 6) is -0.510. The van der Waals surface area contributed by atoms with Crippen LogP contribution in [-0.4, -0.2) is 36.7 Å². The third-order valence-corrected chi connectivity index (χ3v) is 4.32. The summed E-state index contributed by atoms with van der Waals surface area (Å²) in [4.78, 5) is 34.7. The quantitative estimate of drug-likeness (QED) is 0.594. The summed E-state index contributed by atoms with van der Waals surface area (Å²) in [6, 6.07) is 4.41. The molecule has 26 heavy (non-hydrogen) atoms. The van der Waals surface area contributed by atoms with Gasteiger partial charge in [0.1, 0.15) is 5.75 Å². The number of hydrogen-bond donors (Lipinski definition) is 4. The highest BCUT2D eigenvalue weighted by Gasteiger charge is 2.22. The maximum atomic E-state index is 12.5. The third kappa shape index (κ3) is 5.94. The van der Waals surface area contributed by atoms with E-state index >= 15 is 0 Å². The van der Waals surface area contributed by atoms with Gasteiger partial charge < -0.3 is 25.8 Å². The first-order chi connectivity index (χ1) is 12.5. The van der Waals surface area contributed by atoms with E-state index < -0.39 is 12.0 Å². The molecule has 0 unspecified atom stereocenters. The molecule has 0 atom stereocenters. The Bertz CT molecular complexity index is 656.